The second-order valence-corrected chi connectivity index (χ2v) is 5.21. The molecule has 2 rings (SSSR count). The highest BCUT2D eigenvalue weighted by molar-refractivity contribution is 4.92. The van der Waals surface area contributed by atoms with Crippen molar-refractivity contribution in [2.75, 3.05) is 13.2 Å². The molecule has 19 heavy (non-hydrogen) atoms. The van der Waals surface area contributed by atoms with Gasteiger partial charge < -0.3 is 14.6 Å². The van der Waals surface area contributed by atoms with Crippen LogP contribution in [0.4, 0.5) is 0 Å². The molecule has 1 aromatic heterocycles. The fraction of sp³-hybridized carbons (Fsp3) is 0.857. The summed E-state index contributed by atoms with van der Waals surface area (Å²) in [6, 6.07) is 0.427. The van der Waals surface area contributed by atoms with E-state index in [0.29, 0.717) is 6.04 Å². The van der Waals surface area contributed by atoms with E-state index in [1.807, 2.05) is 0 Å². The minimum atomic E-state index is 0.283. The Morgan fingerprint density at radius 1 is 1.42 bits per heavy atom. The number of aromatic nitrogens is 2. The molecule has 1 aromatic rings. The molecule has 5 nitrogen and oxygen atoms in total. The highest BCUT2D eigenvalue weighted by atomic mass is 16.5. The molecule has 2 atom stereocenters. The largest absolute Gasteiger partial charge is 0.378 e. The Balaban J connectivity index is 1.81. The lowest BCUT2D eigenvalue weighted by molar-refractivity contribution is 0.109. The number of ether oxygens (including phenoxy) is 1. The van der Waals surface area contributed by atoms with Crippen LogP contribution < -0.4 is 5.32 Å². The normalized spacial score (nSPS) is 20.8. The summed E-state index contributed by atoms with van der Waals surface area (Å²) in [5.41, 5.74) is 0. The zero-order valence-electron chi connectivity index (χ0n) is 12.0. The van der Waals surface area contributed by atoms with Gasteiger partial charge in [-0.1, -0.05) is 19.0 Å². The number of hydrogen-bond donors (Lipinski definition) is 1. The first-order valence-electron chi connectivity index (χ1n) is 7.48. The molecule has 0 aliphatic carbocycles. The fourth-order valence-electron chi connectivity index (χ4n) is 2.39. The zero-order chi connectivity index (χ0) is 13.5. The standard InChI is InChI=1S/C14H25N3O2/c1-3-7-15-11(4-2)9-14-16-13(17-19-14)10-12-6-5-8-18-12/h11-12,15H,3-10H2,1-2H3. The van der Waals surface area contributed by atoms with Crippen molar-refractivity contribution in [2.24, 2.45) is 0 Å². The molecule has 2 heterocycles. The summed E-state index contributed by atoms with van der Waals surface area (Å²) in [6.45, 7) is 6.26. The van der Waals surface area contributed by atoms with Crippen LogP contribution in [0.15, 0.2) is 4.52 Å². The predicted octanol–water partition coefficient (Wildman–Crippen LogP) is 2.11. The molecular formula is C14H25N3O2. The maximum atomic E-state index is 5.59. The van der Waals surface area contributed by atoms with E-state index in [2.05, 4.69) is 29.3 Å². The lowest BCUT2D eigenvalue weighted by atomic mass is 10.1. The van der Waals surface area contributed by atoms with E-state index in [-0.39, 0.29) is 6.10 Å². The van der Waals surface area contributed by atoms with Crippen LogP contribution in [0, 0.1) is 0 Å². The molecule has 0 aromatic carbocycles. The quantitative estimate of drug-likeness (QED) is 0.781. The molecule has 5 heteroatoms. The number of nitrogens with one attached hydrogen (secondary N) is 1. The summed E-state index contributed by atoms with van der Waals surface area (Å²) in [5.74, 6) is 1.52. The van der Waals surface area contributed by atoms with Gasteiger partial charge in [0.2, 0.25) is 5.89 Å². The van der Waals surface area contributed by atoms with Crippen molar-refractivity contribution >= 4 is 0 Å². The molecule has 2 unspecified atom stereocenters. The first kappa shape index (κ1) is 14.5. The van der Waals surface area contributed by atoms with Crippen LogP contribution in [0.1, 0.15) is 51.2 Å². The molecule has 0 bridgehead atoms. The predicted molar refractivity (Wildman–Crippen MR) is 73.1 cm³/mol. The van der Waals surface area contributed by atoms with Crippen molar-refractivity contribution < 1.29 is 9.26 Å². The summed E-state index contributed by atoms with van der Waals surface area (Å²) in [6.07, 6.45) is 6.35. The van der Waals surface area contributed by atoms with Crippen molar-refractivity contribution in [3.8, 4) is 0 Å². The summed E-state index contributed by atoms with van der Waals surface area (Å²) in [5, 5.41) is 7.55. The Bertz CT molecular complexity index is 361. The van der Waals surface area contributed by atoms with Crippen molar-refractivity contribution in [1.29, 1.82) is 0 Å². The molecule has 1 N–H and O–H groups in total. The Hall–Kier alpha value is -0.940. The van der Waals surface area contributed by atoms with Crippen molar-refractivity contribution in [1.82, 2.24) is 15.5 Å². The number of rotatable bonds is 8. The van der Waals surface area contributed by atoms with Crippen LogP contribution in [0.25, 0.3) is 0 Å². The monoisotopic (exact) mass is 267 g/mol. The highest BCUT2D eigenvalue weighted by Gasteiger charge is 2.19. The topological polar surface area (TPSA) is 60.2 Å². The van der Waals surface area contributed by atoms with Crippen molar-refractivity contribution in [2.45, 2.75) is 64.5 Å². The van der Waals surface area contributed by atoms with Gasteiger partial charge in [-0.15, -0.1) is 0 Å². The second-order valence-electron chi connectivity index (χ2n) is 5.21. The molecule has 1 saturated heterocycles. The van der Waals surface area contributed by atoms with E-state index in [0.717, 1.165) is 63.4 Å². The summed E-state index contributed by atoms with van der Waals surface area (Å²) in [4.78, 5) is 4.47. The lowest BCUT2D eigenvalue weighted by Gasteiger charge is -2.13. The average molecular weight is 267 g/mol. The average Bonchev–Trinajstić information content (AvgIpc) is 3.07. The molecule has 0 radical (unpaired) electrons. The van der Waals surface area contributed by atoms with Gasteiger partial charge in [0.15, 0.2) is 5.82 Å². The van der Waals surface area contributed by atoms with Crippen LogP contribution in [0.3, 0.4) is 0 Å². The number of hydrogen-bond acceptors (Lipinski definition) is 5. The van der Waals surface area contributed by atoms with E-state index < -0.39 is 0 Å². The van der Waals surface area contributed by atoms with Crippen molar-refractivity contribution in [3.63, 3.8) is 0 Å². The highest BCUT2D eigenvalue weighted by Crippen LogP contribution is 2.16. The fourth-order valence-corrected chi connectivity index (χ4v) is 2.39. The van der Waals surface area contributed by atoms with E-state index in [4.69, 9.17) is 9.26 Å². The molecule has 1 aliphatic heterocycles. The maximum Gasteiger partial charge on any atom is 0.228 e. The Kier molecular flexibility index (Phi) is 5.79. The van der Waals surface area contributed by atoms with Gasteiger partial charge in [0.25, 0.3) is 0 Å². The molecule has 0 amide bonds. The van der Waals surface area contributed by atoms with Crippen LogP contribution in [0.2, 0.25) is 0 Å². The third-order valence-electron chi connectivity index (χ3n) is 3.54. The third-order valence-corrected chi connectivity index (χ3v) is 3.54. The van der Waals surface area contributed by atoms with Crippen LogP contribution in [0.5, 0.6) is 0 Å². The van der Waals surface area contributed by atoms with Crippen LogP contribution in [-0.4, -0.2) is 35.4 Å². The van der Waals surface area contributed by atoms with E-state index in [9.17, 15) is 0 Å². The van der Waals surface area contributed by atoms with E-state index >= 15 is 0 Å². The van der Waals surface area contributed by atoms with E-state index in [1.165, 1.54) is 0 Å². The second kappa shape index (κ2) is 7.60. The smallest absolute Gasteiger partial charge is 0.228 e. The van der Waals surface area contributed by atoms with Gasteiger partial charge in [-0.25, -0.2) is 0 Å². The van der Waals surface area contributed by atoms with Gasteiger partial charge in [-0.2, -0.15) is 4.98 Å². The molecule has 108 valence electrons. The Labute approximate surface area is 115 Å². The molecule has 1 fully saturated rings. The maximum absolute atomic E-state index is 5.59. The first-order chi connectivity index (χ1) is 9.31. The van der Waals surface area contributed by atoms with Gasteiger partial charge in [0.05, 0.1) is 6.10 Å². The van der Waals surface area contributed by atoms with Gasteiger partial charge >= 0.3 is 0 Å². The summed E-state index contributed by atoms with van der Waals surface area (Å²) >= 11 is 0. The first-order valence-corrected chi connectivity index (χ1v) is 7.48. The minimum absolute atomic E-state index is 0.283. The van der Waals surface area contributed by atoms with Gasteiger partial charge in [-0.3, -0.25) is 0 Å². The van der Waals surface area contributed by atoms with Gasteiger partial charge in [-0.05, 0) is 32.2 Å². The SMILES string of the molecule is CCCNC(CC)Cc1nc(CC2CCCO2)no1. The molecular weight excluding hydrogens is 242 g/mol. The lowest BCUT2D eigenvalue weighted by Crippen LogP contribution is -2.31. The Morgan fingerprint density at radius 3 is 3.00 bits per heavy atom. The van der Waals surface area contributed by atoms with Crippen LogP contribution in [-0.2, 0) is 17.6 Å². The van der Waals surface area contributed by atoms with Crippen LogP contribution >= 0.6 is 0 Å². The molecule has 0 saturated carbocycles. The third kappa shape index (κ3) is 4.58. The molecule has 0 spiro atoms. The summed E-state index contributed by atoms with van der Waals surface area (Å²) in [7, 11) is 0. The Morgan fingerprint density at radius 2 is 2.32 bits per heavy atom. The minimum Gasteiger partial charge on any atom is -0.378 e. The van der Waals surface area contributed by atoms with Crippen molar-refractivity contribution in [3.05, 3.63) is 11.7 Å². The summed E-state index contributed by atoms with van der Waals surface area (Å²) < 4.78 is 10.9. The van der Waals surface area contributed by atoms with E-state index in [1.54, 1.807) is 0 Å². The zero-order valence-corrected chi connectivity index (χ0v) is 12.0. The van der Waals surface area contributed by atoms with Gasteiger partial charge in [0.1, 0.15) is 0 Å². The number of nitrogens with zero attached hydrogens (tertiary/aromatic N) is 2. The van der Waals surface area contributed by atoms with Gasteiger partial charge in [0, 0.05) is 25.5 Å². The molecule has 1 aliphatic rings.